The molecule has 2 aromatic rings. The minimum atomic E-state index is -1.19. The Balaban J connectivity index is 2.35. The maximum Gasteiger partial charge on any atom is 0.352 e. The highest BCUT2D eigenvalue weighted by Gasteiger charge is 2.18. The number of nitro groups is 1. The van der Waals surface area contributed by atoms with Gasteiger partial charge < -0.3 is 9.67 Å². The van der Waals surface area contributed by atoms with Crippen LogP contribution in [-0.2, 0) is 6.54 Å². The molecule has 0 amide bonds. The molecular formula is C12H9BrN2O4. The van der Waals surface area contributed by atoms with E-state index in [4.69, 9.17) is 5.11 Å². The molecule has 0 aliphatic rings. The van der Waals surface area contributed by atoms with Crippen molar-refractivity contribution in [1.29, 1.82) is 0 Å². The Morgan fingerprint density at radius 2 is 2.00 bits per heavy atom. The number of halogens is 1. The molecule has 0 radical (unpaired) electrons. The van der Waals surface area contributed by atoms with Crippen molar-refractivity contribution in [3.05, 3.63) is 62.4 Å². The van der Waals surface area contributed by atoms with Gasteiger partial charge in [0, 0.05) is 17.1 Å². The third kappa shape index (κ3) is 3.00. The van der Waals surface area contributed by atoms with Crippen molar-refractivity contribution in [2.75, 3.05) is 0 Å². The number of rotatable bonds is 4. The van der Waals surface area contributed by atoms with Crippen molar-refractivity contribution in [3.63, 3.8) is 0 Å². The second-order valence-electron chi connectivity index (χ2n) is 3.90. The van der Waals surface area contributed by atoms with E-state index in [-0.39, 0.29) is 17.9 Å². The summed E-state index contributed by atoms with van der Waals surface area (Å²) in [4.78, 5) is 21.1. The van der Waals surface area contributed by atoms with Gasteiger partial charge >= 0.3 is 5.97 Å². The normalized spacial score (nSPS) is 10.4. The van der Waals surface area contributed by atoms with E-state index in [9.17, 15) is 14.9 Å². The molecule has 1 N–H and O–H groups in total. The number of nitrogens with zero attached hydrogens (tertiary/aromatic N) is 2. The van der Waals surface area contributed by atoms with Crippen LogP contribution < -0.4 is 0 Å². The van der Waals surface area contributed by atoms with Crippen LogP contribution in [0.25, 0.3) is 0 Å². The number of carbonyl (C=O) groups is 1. The van der Waals surface area contributed by atoms with Crippen LogP contribution >= 0.6 is 15.9 Å². The summed E-state index contributed by atoms with van der Waals surface area (Å²) in [7, 11) is 0. The minimum absolute atomic E-state index is 0.102. The summed E-state index contributed by atoms with van der Waals surface area (Å²) in [5, 5.41) is 19.7. The van der Waals surface area contributed by atoms with Gasteiger partial charge in [-0.05, 0) is 17.7 Å². The topological polar surface area (TPSA) is 85.4 Å². The summed E-state index contributed by atoms with van der Waals surface area (Å²) in [5.41, 5.74) is 0.528. The fourth-order valence-corrected chi connectivity index (χ4v) is 1.96. The molecule has 0 fully saturated rings. The Kier molecular flexibility index (Phi) is 3.66. The molecule has 0 atom stereocenters. The molecule has 0 unspecified atom stereocenters. The molecule has 1 aromatic carbocycles. The predicted octanol–water partition coefficient (Wildman–Crippen LogP) is 2.91. The Morgan fingerprint density at radius 3 is 2.53 bits per heavy atom. The first-order valence-electron chi connectivity index (χ1n) is 5.29. The van der Waals surface area contributed by atoms with Crippen LogP contribution in [-0.4, -0.2) is 20.6 Å². The van der Waals surface area contributed by atoms with Crippen molar-refractivity contribution >= 4 is 27.6 Å². The number of carboxylic acids is 1. The van der Waals surface area contributed by atoms with Gasteiger partial charge in [0.25, 0.3) is 5.69 Å². The smallest absolute Gasteiger partial charge is 0.352 e. The van der Waals surface area contributed by atoms with Gasteiger partial charge in [-0.3, -0.25) is 10.1 Å². The third-order valence-electron chi connectivity index (χ3n) is 2.58. The van der Waals surface area contributed by atoms with Crippen LogP contribution in [0.4, 0.5) is 5.69 Å². The Labute approximate surface area is 116 Å². The lowest BCUT2D eigenvalue weighted by atomic mass is 10.2. The molecule has 1 heterocycles. The Hall–Kier alpha value is -2.15. The van der Waals surface area contributed by atoms with E-state index in [0.29, 0.717) is 0 Å². The lowest BCUT2D eigenvalue weighted by Gasteiger charge is -2.05. The van der Waals surface area contributed by atoms with Crippen LogP contribution in [0, 0.1) is 10.1 Å². The number of carboxylic acid groups (broad SMARTS) is 1. The largest absolute Gasteiger partial charge is 0.477 e. The van der Waals surface area contributed by atoms with Crippen LogP contribution in [0.15, 0.2) is 41.0 Å². The van der Waals surface area contributed by atoms with Gasteiger partial charge in [0.05, 0.1) is 11.1 Å². The molecule has 6 nitrogen and oxygen atoms in total. The van der Waals surface area contributed by atoms with Crippen LogP contribution in [0.1, 0.15) is 16.1 Å². The molecule has 7 heteroatoms. The number of hydrogen-bond donors (Lipinski definition) is 1. The predicted molar refractivity (Wildman–Crippen MR) is 71.3 cm³/mol. The van der Waals surface area contributed by atoms with E-state index in [1.165, 1.54) is 10.8 Å². The summed E-state index contributed by atoms with van der Waals surface area (Å²) in [6.07, 6.45) is 1.23. The van der Waals surface area contributed by atoms with Crippen molar-refractivity contribution in [2.24, 2.45) is 0 Å². The van der Waals surface area contributed by atoms with Gasteiger partial charge in [-0.1, -0.05) is 28.1 Å². The van der Waals surface area contributed by atoms with Gasteiger partial charge in [0.15, 0.2) is 0 Å². The first-order chi connectivity index (χ1) is 8.97. The quantitative estimate of drug-likeness (QED) is 0.692. The molecular weight excluding hydrogens is 316 g/mol. The summed E-state index contributed by atoms with van der Waals surface area (Å²) in [6.45, 7) is 0.267. The maximum atomic E-state index is 11.1. The van der Waals surface area contributed by atoms with E-state index in [1.54, 1.807) is 0 Å². The minimum Gasteiger partial charge on any atom is -0.477 e. The molecule has 0 aliphatic heterocycles. The van der Waals surface area contributed by atoms with Crippen molar-refractivity contribution < 1.29 is 14.8 Å². The van der Waals surface area contributed by atoms with Gasteiger partial charge in [-0.2, -0.15) is 0 Å². The van der Waals surface area contributed by atoms with Crippen LogP contribution in [0.3, 0.4) is 0 Å². The second-order valence-corrected chi connectivity index (χ2v) is 4.82. The van der Waals surface area contributed by atoms with E-state index < -0.39 is 10.9 Å². The van der Waals surface area contributed by atoms with E-state index in [2.05, 4.69) is 15.9 Å². The summed E-state index contributed by atoms with van der Waals surface area (Å²) in [6, 6.07) is 8.35. The fraction of sp³-hybridized carbons (Fsp3) is 0.0833. The van der Waals surface area contributed by atoms with Gasteiger partial charge in [-0.25, -0.2) is 4.79 Å². The standard InChI is InChI=1S/C12H9BrN2O4/c13-9-3-1-8(2-4-9)6-14-7-10(15(18)19)5-11(14)12(16)17/h1-5,7H,6H2,(H,16,17). The summed E-state index contributed by atoms with van der Waals surface area (Å²) < 4.78 is 2.26. The van der Waals surface area contributed by atoms with Gasteiger partial charge in [-0.15, -0.1) is 0 Å². The first-order valence-corrected chi connectivity index (χ1v) is 6.09. The van der Waals surface area contributed by atoms with Gasteiger partial charge in [0.1, 0.15) is 5.69 Å². The summed E-state index contributed by atoms with van der Waals surface area (Å²) >= 11 is 3.30. The molecule has 0 aliphatic carbocycles. The Morgan fingerprint density at radius 1 is 1.37 bits per heavy atom. The lowest BCUT2D eigenvalue weighted by Crippen LogP contribution is -2.08. The highest BCUT2D eigenvalue weighted by molar-refractivity contribution is 9.10. The second kappa shape index (κ2) is 5.23. The number of aromatic carboxylic acids is 1. The highest BCUT2D eigenvalue weighted by Crippen LogP contribution is 2.19. The van der Waals surface area contributed by atoms with Crippen LogP contribution in [0.5, 0.6) is 0 Å². The Bertz CT molecular complexity index is 634. The number of benzene rings is 1. The van der Waals surface area contributed by atoms with Crippen LogP contribution in [0.2, 0.25) is 0 Å². The van der Waals surface area contributed by atoms with Crippen molar-refractivity contribution in [2.45, 2.75) is 6.54 Å². The first kappa shape index (κ1) is 13.3. The fourth-order valence-electron chi connectivity index (χ4n) is 1.69. The highest BCUT2D eigenvalue weighted by atomic mass is 79.9. The molecule has 1 aromatic heterocycles. The van der Waals surface area contributed by atoms with Crippen molar-refractivity contribution in [3.8, 4) is 0 Å². The zero-order valence-electron chi connectivity index (χ0n) is 9.62. The molecule has 0 saturated carbocycles. The number of aromatic nitrogens is 1. The van der Waals surface area contributed by atoms with E-state index >= 15 is 0 Å². The SMILES string of the molecule is O=C(O)c1cc([N+](=O)[O-])cn1Cc1ccc(Br)cc1. The average molecular weight is 325 g/mol. The van der Waals surface area contributed by atoms with E-state index in [0.717, 1.165) is 16.1 Å². The number of hydrogen-bond acceptors (Lipinski definition) is 3. The molecule has 0 spiro atoms. The molecule has 0 bridgehead atoms. The lowest BCUT2D eigenvalue weighted by molar-refractivity contribution is -0.384. The molecule has 98 valence electrons. The zero-order chi connectivity index (χ0) is 14.0. The van der Waals surface area contributed by atoms with Gasteiger partial charge in [0.2, 0.25) is 0 Å². The van der Waals surface area contributed by atoms with Crippen molar-refractivity contribution in [1.82, 2.24) is 4.57 Å². The third-order valence-corrected chi connectivity index (χ3v) is 3.11. The monoisotopic (exact) mass is 324 g/mol. The molecule has 0 saturated heterocycles. The maximum absolute atomic E-state index is 11.1. The zero-order valence-corrected chi connectivity index (χ0v) is 11.2. The molecule has 19 heavy (non-hydrogen) atoms. The molecule has 2 rings (SSSR count). The van der Waals surface area contributed by atoms with E-state index in [1.807, 2.05) is 24.3 Å². The summed E-state index contributed by atoms with van der Waals surface area (Å²) in [5.74, 6) is -1.19. The average Bonchev–Trinajstić information content (AvgIpc) is 2.76.